The highest BCUT2D eigenvalue weighted by atomic mass is 32.2. The number of nitrogens with two attached hydrogens (primary N) is 1. The van der Waals surface area contributed by atoms with Gasteiger partial charge in [-0.15, -0.1) is 0 Å². The number of benzene rings is 3. The van der Waals surface area contributed by atoms with E-state index in [4.69, 9.17) is 10.5 Å². The Kier molecular flexibility index (Phi) is 7.32. The van der Waals surface area contributed by atoms with Gasteiger partial charge in [0.2, 0.25) is 16.1 Å². The van der Waals surface area contributed by atoms with Crippen molar-refractivity contribution in [2.75, 3.05) is 0 Å². The molecular formula is C22H16F4N2O5S. The Morgan fingerprint density at radius 1 is 0.882 bits per heavy atom. The number of carbonyl (C=O) groups is 2. The van der Waals surface area contributed by atoms with Crippen molar-refractivity contribution in [2.45, 2.75) is 17.5 Å². The van der Waals surface area contributed by atoms with Crippen LogP contribution >= 0.6 is 0 Å². The Hall–Kier alpha value is -3.77. The van der Waals surface area contributed by atoms with Gasteiger partial charge in [0.15, 0.2) is 17.5 Å². The highest BCUT2D eigenvalue weighted by Crippen LogP contribution is 2.21. The number of halogens is 4. The summed E-state index contributed by atoms with van der Waals surface area (Å²) in [4.78, 5) is 23.0. The Morgan fingerprint density at radius 2 is 1.50 bits per heavy atom. The third kappa shape index (κ3) is 5.58. The molecule has 3 aromatic carbocycles. The molecule has 0 fully saturated rings. The minimum Gasteiger partial charge on any atom is -0.444 e. The van der Waals surface area contributed by atoms with Gasteiger partial charge in [0.1, 0.15) is 10.7 Å². The molecule has 0 saturated carbocycles. The summed E-state index contributed by atoms with van der Waals surface area (Å²) >= 11 is 0. The first kappa shape index (κ1) is 24.9. The largest absolute Gasteiger partial charge is 0.444 e. The maximum atomic E-state index is 13.8. The molecule has 178 valence electrons. The first-order chi connectivity index (χ1) is 16.0. The molecule has 12 heteroatoms. The van der Waals surface area contributed by atoms with Gasteiger partial charge in [-0.3, -0.25) is 4.79 Å². The van der Waals surface area contributed by atoms with Crippen LogP contribution in [0.15, 0.2) is 65.6 Å². The van der Waals surface area contributed by atoms with Crippen LogP contribution in [0, 0.1) is 23.3 Å². The molecule has 7 nitrogen and oxygen atoms in total. The maximum Gasteiger partial charge on any atom is 0.339 e. The van der Waals surface area contributed by atoms with E-state index in [9.17, 15) is 35.6 Å². The van der Waals surface area contributed by atoms with E-state index in [1.54, 1.807) is 0 Å². The second-order valence-corrected chi connectivity index (χ2v) is 8.67. The number of carbonyl (C=O) groups excluding carboxylic acids is 2. The number of ether oxygens (including phenoxy) is 1. The molecule has 3 aromatic rings. The van der Waals surface area contributed by atoms with Gasteiger partial charge < -0.3 is 10.5 Å². The van der Waals surface area contributed by atoms with Gasteiger partial charge in [-0.2, -0.15) is 0 Å². The topological polar surface area (TPSA) is 116 Å². The molecule has 0 saturated heterocycles. The number of nitrogens with one attached hydrogen (secondary N) is 1. The number of hydrogen-bond donors (Lipinski definition) is 2. The van der Waals surface area contributed by atoms with E-state index in [0.29, 0.717) is 17.7 Å². The summed E-state index contributed by atoms with van der Waals surface area (Å²) in [7, 11) is -4.52. The lowest BCUT2D eigenvalue weighted by atomic mass is 10.1. The predicted molar refractivity (Wildman–Crippen MR) is 111 cm³/mol. The molecule has 0 aliphatic carbocycles. The summed E-state index contributed by atoms with van der Waals surface area (Å²) < 4.78 is 84.8. The van der Waals surface area contributed by atoms with Crippen LogP contribution in [0.2, 0.25) is 0 Å². The van der Waals surface area contributed by atoms with E-state index in [2.05, 4.69) is 0 Å². The maximum absolute atomic E-state index is 13.8. The van der Waals surface area contributed by atoms with Crippen molar-refractivity contribution >= 4 is 21.9 Å². The van der Waals surface area contributed by atoms with Crippen LogP contribution in [0.4, 0.5) is 17.6 Å². The molecule has 1 amide bonds. The number of sulfonamides is 1. The van der Waals surface area contributed by atoms with Gasteiger partial charge >= 0.3 is 5.97 Å². The summed E-state index contributed by atoms with van der Waals surface area (Å²) in [5.41, 5.74) is 5.75. The Bertz CT molecular complexity index is 1330. The van der Waals surface area contributed by atoms with Gasteiger partial charge in [-0.05, 0) is 42.0 Å². The van der Waals surface area contributed by atoms with Crippen molar-refractivity contribution in [1.82, 2.24) is 4.72 Å². The van der Waals surface area contributed by atoms with Crippen LogP contribution in [0.5, 0.6) is 0 Å². The minimum atomic E-state index is -4.52. The highest BCUT2D eigenvalue weighted by molar-refractivity contribution is 7.89. The van der Waals surface area contributed by atoms with E-state index in [1.807, 2.05) is 4.72 Å². The van der Waals surface area contributed by atoms with Gasteiger partial charge in [-0.1, -0.05) is 24.3 Å². The minimum absolute atomic E-state index is 0.00776. The van der Waals surface area contributed by atoms with Crippen LogP contribution in [-0.2, 0) is 26.1 Å². The monoisotopic (exact) mass is 496 g/mol. The van der Waals surface area contributed by atoms with Crippen molar-refractivity contribution in [3.05, 3.63) is 101 Å². The van der Waals surface area contributed by atoms with E-state index in [-0.39, 0.29) is 17.7 Å². The van der Waals surface area contributed by atoms with Crippen LogP contribution in [0.3, 0.4) is 0 Å². The molecular weight excluding hydrogens is 480 g/mol. The number of primary amides is 1. The molecule has 0 heterocycles. The van der Waals surface area contributed by atoms with Crippen molar-refractivity contribution in [3.8, 4) is 0 Å². The Morgan fingerprint density at radius 3 is 2.09 bits per heavy atom. The average Bonchev–Trinajstić information content (AvgIpc) is 2.80. The zero-order valence-electron chi connectivity index (χ0n) is 17.1. The average molecular weight is 496 g/mol. The van der Waals surface area contributed by atoms with Crippen LogP contribution in [-0.4, -0.2) is 20.3 Å². The van der Waals surface area contributed by atoms with Crippen LogP contribution in [0.1, 0.15) is 27.6 Å². The summed E-state index contributed by atoms with van der Waals surface area (Å²) in [5, 5.41) is 0. The normalized spacial score (nSPS) is 12.2. The van der Waals surface area contributed by atoms with Gasteiger partial charge in [-0.25, -0.2) is 35.5 Å². The molecule has 34 heavy (non-hydrogen) atoms. The summed E-state index contributed by atoms with van der Waals surface area (Å²) in [6.07, 6.45) is -1.47. The first-order valence-corrected chi connectivity index (χ1v) is 11.0. The summed E-state index contributed by atoms with van der Waals surface area (Å²) in [6.45, 7) is -0.365. The molecule has 0 aliphatic rings. The van der Waals surface area contributed by atoms with E-state index in [0.717, 1.165) is 12.1 Å². The Balaban J connectivity index is 1.68. The van der Waals surface area contributed by atoms with Crippen LogP contribution in [0.25, 0.3) is 0 Å². The van der Waals surface area contributed by atoms with Crippen molar-refractivity contribution in [1.29, 1.82) is 0 Å². The molecule has 3 N–H and O–H groups in total. The SMILES string of the molecule is NC(=O)C(OC(=O)c1ccc(CNS(=O)(=O)c2ccc(F)c(F)c2F)cc1)c1ccc(F)cc1. The van der Waals surface area contributed by atoms with E-state index < -0.39 is 56.2 Å². The molecule has 0 radical (unpaired) electrons. The lowest BCUT2D eigenvalue weighted by molar-refractivity contribution is -0.127. The number of amides is 1. The second-order valence-electron chi connectivity index (χ2n) is 6.93. The van der Waals surface area contributed by atoms with E-state index >= 15 is 0 Å². The van der Waals surface area contributed by atoms with Crippen molar-refractivity contribution < 1.29 is 40.3 Å². The predicted octanol–water partition coefficient (Wildman–Crippen LogP) is 3.10. The molecule has 0 aliphatic heterocycles. The quantitative estimate of drug-likeness (QED) is 0.283. The molecule has 1 unspecified atom stereocenters. The zero-order valence-corrected chi connectivity index (χ0v) is 17.9. The van der Waals surface area contributed by atoms with Crippen LogP contribution < -0.4 is 10.5 Å². The van der Waals surface area contributed by atoms with Crippen molar-refractivity contribution in [2.24, 2.45) is 5.73 Å². The standard InChI is InChI=1S/C22H16F4N2O5S/c23-15-7-5-13(6-8-15)20(21(27)29)33-22(30)14-3-1-12(2-4-14)11-28-34(31,32)17-10-9-16(24)18(25)19(17)26/h1-10,20,28H,11H2,(H2,27,29). The fourth-order valence-electron chi connectivity index (χ4n) is 2.83. The summed E-state index contributed by atoms with van der Waals surface area (Å²) in [6, 6.07) is 10.9. The number of hydrogen-bond acceptors (Lipinski definition) is 5. The Labute approximate surface area is 191 Å². The smallest absolute Gasteiger partial charge is 0.339 e. The third-order valence-electron chi connectivity index (χ3n) is 4.60. The molecule has 1 atom stereocenters. The second kappa shape index (κ2) is 10.0. The number of esters is 1. The fraction of sp³-hybridized carbons (Fsp3) is 0.0909. The highest BCUT2D eigenvalue weighted by Gasteiger charge is 2.25. The van der Waals surface area contributed by atoms with Gasteiger partial charge in [0.25, 0.3) is 5.91 Å². The molecule has 0 spiro atoms. The molecule has 3 rings (SSSR count). The lowest BCUT2D eigenvalue weighted by Gasteiger charge is -2.15. The molecule has 0 aromatic heterocycles. The summed E-state index contributed by atoms with van der Waals surface area (Å²) in [5.74, 6) is -7.76. The van der Waals surface area contributed by atoms with Gasteiger partial charge in [0.05, 0.1) is 5.56 Å². The van der Waals surface area contributed by atoms with Gasteiger partial charge in [0, 0.05) is 12.1 Å². The lowest BCUT2D eigenvalue weighted by Crippen LogP contribution is -2.26. The zero-order chi connectivity index (χ0) is 25.0. The third-order valence-corrected chi connectivity index (χ3v) is 6.02. The van der Waals surface area contributed by atoms with E-state index in [1.165, 1.54) is 36.4 Å². The fourth-order valence-corrected chi connectivity index (χ4v) is 3.92. The number of rotatable bonds is 8. The van der Waals surface area contributed by atoms with Crippen molar-refractivity contribution in [3.63, 3.8) is 0 Å². The molecule has 0 bridgehead atoms. The first-order valence-electron chi connectivity index (χ1n) is 9.47.